The predicted molar refractivity (Wildman–Crippen MR) is 48.4 cm³/mol. The number of rotatable bonds is 3. The van der Waals surface area contributed by atoms with E-state index in [1.807, 2.05) is 12.3 Å². The van der Waals surface area contributed by atoms with Gasteiger partial charge in [-0.25, -0.2) is 0 Å². The Morgan fingerprint density at radius 1 is 1.55 bits per heavy atom. The van der Waals surface area contributed by atoms with Crippen molar-refractivity contribution in [2.45, 2.75) is 10.6 Å². The molecule has 0 saturated heterocycles. The number of hydrogen-bond donors (Lipinski definition) is 0. The summed E-state index contributed by atoms with van der Waals surface area (Å²) in [4.78, 5) is 4.62. The second-order valence-corrected chi connectivity index (χ2v) is 3.49. The number of aromatic nitrogens is 1. The minimum absolute atomic E-state index is 0.226. The molecular weight excluding hydrogens is 181 g/mol. The second kappa shape index (κ2) is 4.62. The molecule has 1 heterocycles. The van der Waals surface area contributed by atoms with Crippen LogP contribution in [-0.2, 0) is 5.75 Å². The van der Waals surface area contributed by atoms with Gasteiger partial charge in [-0.3, -0.25) is 4.98 Å². The normalized spacial score (nSPS) is 10.0. The molecule has 0 amide bonds. The van der Waals surface area contributed by atoms with Gasteiger partial charge in [0.05, 0.1) is 22.7 Å². The van der Waals surface area contributed by atoms with Crippen molar-refractivity contribution in [3.8, 4) is 0 Å². The zero-order valence-electron chi connectivity index (χ0n) is 6.08. The van der Waals surface area contributed by atoms with E-state index in [0.717, 1.165) is 11.4 Å². The highest BCUT2D eigenvalue weighted by molar-refractivity contribution is 7.97. The van der Waals surface area contributed by atoms with Gasteiger partial charge in [0.1, 0.15) is 0 Å². The summed E-state index contributed by atoms with van der Waals surface area (Å²) in [6, 6.07) is 3.58. The van der Waals surface area contributed by atoms with Gasteiger partial charge in [0.15, 0.2) is 0 Å². The summed E-state index contributed by atoms with van der Waals surface area (Å²) in [5.41, 5.74) is 0.996. The van der Waals surface area contributed by atoms with Gasteiger partial charge in [-0.1, -0.05) is 0 Å². The van der Waals surface area contributed by atoms with Crippen LogP contribution in [-0.4, -0.2) is 11.2 Å². The third-order valence-electron chi connectivity index (χ3n) is 1.18. The highest BCUT2D eigenvalue weighted by Crippen LogP contribution is 2.17. The summed E-state index contributed by atoms with van der Waals surface area (Å²) in [7, 11) is 0. The van der Waals surface area contributed by atoms with E-state index in [9.17, 15) is 3.89 Å². The van der Waals surface area contributed by atoms with Crippen LogP contribution in [0.1, 0.15) is 5.69 Å². The van der Waals surface area contributed by atoms with Crippen LogP contribution in [0.5, 0.6) is 0 Å². The van der Waals surface area contributed by atoms with Crippen LogP contribution in [0, 0.1) is 0 Å². The molecule has 0 aliphatic carbocycles. The summed E-state index contributed by atoms with van der Waals surface area (Å²) >= 11 is 1.93. The molecule has 0 spiro atoms. The molecule has 0 bridgehead atoms. The maximum absolute atomic E-state index is 11.9. The van der Waals surface area contributed by atoms with E-state index in [0.29, 0.717) is 4.90 Å². The molecule has 60 valence electrons. The first-order valence-electron chi connectivity index (χ1n) is 3.09. The standard InChI is InChI=1S/C7H8FNS2/c1-10-5-6-2-3-7(11-8)4-9-6/h2-4H,5H2,1H3. The minimum atomic E-state index is 0.226. The Kier molecular flexibility index (Phi) is 3.72. The minimum Gasteiger partial charge on any atom is -0.259 e. The van der Waals surface area contributed by atoms with Crippen LogP contribution < -0.4 is 0 Å². The average molecular weight is 189 g/mol. The molecule has 1 aromatic rings. The van der Waals surface area contributed by atoms with Crippen molar-refractivity contribution in [1.82, 2.24) is 4.98 Å². The van der Waals surface area contributed by atoms with Gasteiger partial charge < -0.3 is 0 Å². The van der Waals surface area contributed by atoms with Crippen molar-refractivity contribution in [2.24, 2.45) is 0 Å². The van der Waals surface area contributed by atoms with Crippen LogP contribution in [0.2, 0.25) is 0 Å². The fraction of sp³-hybridized carbons (Fsp3) is 0.286. The monoisotopic (exact) mass is 189 g/mol. The van der Waals surface area contributed by atoms with Gasteiger partial charge in [0, 0.05) is 11.9 Å². The molecule has 1 nitrogen and oxygen atoms in total. The Morgan fingerprint density at radius 2 is 2.36 bits per heavy atom. The van der Waals surface area contributed by atoms with Crippen molar-refractivity contribution < 1.29 is 3.89 Å². The summed E-state index contributed by atoms with van der Waals surface area (Å²) < 4.78 is 11.9. The average Bonchev–Trinajstić information content (AvgIpc) is 2.07. The fourth-order valence-electron chi connectivity index (χ4n) is 0.690. The zero-order valence-corrected chi connectivity index (χ0v) is 7.71. The third-order valence-corrected chi connectivity index (χ3v) is 2.18. The molecule has 0 N–H and O–H groups in total. The Balaban J connectivity index is 2.66. The topological polar surface area (TPSA) is 12.9 Å². The van der Waals surface area contributed by atoms with E-state index in [4.69, 9.17) is 0 Å². The van der Waals surface area contributed by atoms with Crippen LogP contribution in [0.3, 0.4) is 0 Å². The number of thioether (sulfide) groups is 1. The lowest BCUT2D eigenvalue weighted by Crippen LogP contribution is -1.84. The molecule has 1 rings (SSSR count). The molecule has 4 heteroatoms. The van der Waals surface area contributed by atoms with Gasteiger partial charge in [0.25, 0.3) is 0 Å². The van der Waals surface area contributed by atoms with E-state index in [-0.39, 0.29) is 12.1 Å². The van der Waals surface area contributed by atoms with E-state index in [2.05, 4.69) is 4.98 Å². The molecule has 1 aromatic heterocycles. The zero-order chi connectivity index (χ0) is 8.10. The largest absolute Gasteiger partial charge is 0.259 e. The maximum atomic E-state index is 11.9. The highest BCUT2D eigenvalue weighted by Gasteiger charge is 1.94. The van der Waals surface area contributed by atoms with Crippen molar-refractivity contribution in [1.29, 1.82) is 0 Å². The fourth-order valence-corrected chi connectivity index (χ4v) is 1.37. The first-order valence-corrected chi connectivity index (χ1v) is 5.20. The smallest absolute Gasteiger partial charge is 0.0828 e. The first-order chi connectivity index (χ1) is 5.36. The van der Waals surface area contributed by atoms with E-state index >= 15 is 0 Å². The lowest BCUT2D eigenvalue weighted by Gasteiger charge is -1.96. The molecular formula is C7H8FNS2. The van der Waals surface area contributed by atoms with Crippen molar-refractivity contribution >= 4 is 23.9 Å². The van der Waals surface area contributed by atoms with Crippen LogP contribution in [0.15, 0.2) is 23.2 Å². The van der Waals surface area contributed by atoms with E-state index in [1.165, 1.54) is 0 Å². The molecule has 0 aliphatic heterocycles. The van der Waals surface area contributed by atoms with Gasteiger partial charge in [0.2, 0.25) is 0 Å². The molecule has 0 fully saturated rings. The van der Waals surface area contributed by atoms with Crippen LogP contribution in [0.4, 0.5) is 3.89 Å². The van der Waals surface area contributed by atoms with Crippen LogP contribution in [0.25, 0.3) is 0 Å². The SMILES string of the molecule is CSCc1ccc(SF)cn1. The van der Waals surface area contributed by atoms with Gasteiger partial charge in [-0.2, -0.15) is 15.6 Å². The first kappa shape index (κ1) is 8.87. The van der Waals surface area contributed by atoms with Crippen LogP contribution >= 0.6 is 23.9 Å². The van der Waals surface area contributed by atoms with Crippen molar-refractivity contribution in [3.63, 3.8) is 0 Å². The molecule has 0 unspecified atom stereocenters. The number of nitrogens with zero attached hydrogens (tertiary/aromatic N) is 1. The number of pyridine rings is 1. The Bertz CT molecular complexity index is 212. The number of halogens is 1. The quantitative estimate of drug-likeness (QED) is 0.725. The molecule has 0 atom stereocenters. The molecule has 0 saturated carbocycles. The van der Waals surface area contributed by atoms with Gasteiger partial charge >= 0.3 is 0 Å². The summed E-state index contributed by atoms with van der Waals surface area (Å²) in [6.07, 6.45) is 3.57. The van der Waals surface area contributed by atoms with Gasteiger partial charge in [-0.15, -0.1) is 0 Å². The highest BCUT2D eigenvalue weighted by atomic mass is 32.2. The van der Waals surface area contributed by atoms with E-state index < -0.39 is 0 Å². The third kappa shape index (κ3) is 2.71. The number of hydrogen-bond acceptors (Lipinski definition) is 3. The summed E-state index contributed by atoms with van der Waals surface area (Å²) in [5, 5.41) is 0. The summed E-state index contributed by atoms with van der Waals surface area (Å²) in [6.45, 7) is 0. The summed E-state index contributed by atoms with van der Waals surface area (Å²) in [5.74, 6) is 0.886. The lowest BCUT2D eigenvalue weighted by molar-refractivity contribution is 0.930. The Labute approximate surface area is 74.1 Å². The van der Waals surface area contributed by atoms with E-state index in [1.54, 1.807) is 24.0 Å². The molecule has 0 radical (unpaired) electrons. The van der Waals surface area contributed by atoms with Crippen molar-refractivity contribution in [2.75, 3.05) is 6.26 Å². The molecule has 0 aromatic carbocycles. The lowest BCUT2D eigenvalue weighted by atomic mass is 10.4. The van der Waals surface area contributed by atoms with Crippen molar-refractivity contribution in [3.05, 3.63) is 24.0 Å². The Morgan fingerprint density at radius 3 is 2.82 bits per heavy atom. The predicted octanol–water partition coefficient (Wildman–Crippen LogP) is 2.92. The second-order valence-electron chi connectivity index (χ2n) is 2.00. The van der Waals surface area contributed by atoms with Gasteiger partial charge in [-0.05, 0) is 18.4 Å². The maximum Gasteiger partial charge on any atom is 0.0828 e. The Hall–Kier alpha value is -0.220. The molecule has 0 aliphatic rings. The molecule has 11 heavy (non-hydrogen) atoms.